The van der Waals surface area contributed by atoms with E-state index in [1.54, 1.807) is 0 Å². The molecule has 0 aromatic carbocycles. The van der Waals surface area contributed by atoms with Crippen molar-refractivity contribution in [3.63, 3.8) is 0 Å². The van der Waals surface area contributed by atoms with Crippen LogP contribution in [0.25, 0.3) is 0 Å². The lowest BCUT2D eigenvalue weighted by molar-refractivity contribution is -0.290. The number of rotatable bonds is 2. The maximum absolute atomic E-state index is 9.44. The summed E-state index contributed by atoms with van der Waals surface area (Å²) >= 11 is 0. The van der Waals surface area contributed by atoms with Crippen LogP contribution in [0.4, 0.5) is 0 Å². The van der Waals surface area contributed by atoms with Crippen LogP contribution < -0.4 is 0 Å². The number of aliphatic hydroxyl groups is 4. The first-order valence-corrected chi connectivity index (χ1v) is 3.95. The van der Waals surface area contributed by atoms with E-state index < -0.39 is 37.3 Å². The summed E-state index contributed by atoms with van der Waals surface area (Å²) in [6, 6.07) is 0. The van der Waals surface area contributed by atoms with E-state index in [0.717, 1.165) is 0 Å². The minimum Gasteiger partial charge on any atom is -0.394 e. The maximum Gasteiger partial charge on any atom is 0.184 e. The monoisotopic (exact) mass is 194 g/mol. The largest absolute Gasteiger partial charge is 0.394 e. The molecular weight excluding hydrogens is 180 g/mol. The Bertz CT molecular complexity index is 163. The molecule has 1 rings (SSSR count). The van der Waals surface area contributed by atoms with Gasteiger partial charge in [-0.1, -0.05) is 0 Å². The molecule has 1 heterocycles. The predicted molar refractivity (Wildman–Crippen MR) is 40.8 cm³/mol. The lowest BCUT2D eigenvalue weighted by Gasteiger charge is -2.39. The van der Waals surface area contributed by atoms with E-state index in [1.165, 1.54) is 7.11 Å². The van der Waals surface area contributed by atoms with Gasteiger partial charge in [-0.15, -0.1) is 0 Å². The van der Waals surface area contributed by atoms with Crippen LogP contribution in [0, 0.1) is 0 Å². The van der Waals surface area contributed by atoms with Crippen molar-refractivity contribution in [1.82, 2.24) is 0 Å². The summed E-state index contributed by atoms with van der Waals surface area (Å²) in [5.74, 6) is 0. The zero-order valence-corrected chi connectivity index (χ0v) is 7.20. The van der Waals surface area contributed by atoms with Gasteiger partial charge in [0, 0.05) is 7.11 Å². The van der Waals surface area contributed by atoms with Crippen molar-refractivity contribution in [1.29, 1.82) is 0 Å². The Labute approximate surface area is 75.3 Å². The fourth-order valence-corrected chi connectivity index (χ4v) is 1.35. The van der Waals surface area contributed by atoms with Gasteiger partial charge in [-0.3, -0.25) is 0 Å². The van der Waals surface area contributed by atoms with E-state index in [0.29, 0.717) is 0 Å². The smallest absolute Gasteiger partial charge is 0.184 e. The van der Waals surface area contributed by atoms with Crippen molar-refractivity contribution in [2.75, 3.05) is 13.7 Å². The molecule has 0 saturated carbocycles. The lowest BCUT2D eigenvalue weighted by atomic mass is 9.99. The van der Waals surface area contributed by atoms with Crippen LogP contribution in [0.1, 0.15) is 0 Å². The average Bonchev–Trinajstić information content (AvgIpc) is 2.12. The number of hydrogen-bond acceptors (Lipinski definition) is 6. The molecule has 4 N–H and O–H groups in total. The second-order valence-electron chi connectivity index (χ2n) is 2.93. The van der Waals surface area contributed by atoms with Gasteiger partial charge in [0.1, 0.15) is 24.4 Å². The lowest BCUT2D eigenvalue weighted by Crippen LogP contribution is -2.59. The molecule has 78 valence electrons. The van der Waals surface area contributed by atoms with Gasteiger partial charge in [0.15, 0.2) is 6.29 Å². The van der Waals surface area contributed by atoms with E-state index in [2.05, 4.69) is 0 Å². The van der Waals surface area contributed by atoms with Crippen molar-refractivity contribution >= 4 is 0 Å². The highest BCUT2D eigenvalue weighted by molar-refractivity contribution is 4.89. The van der Waals surface area contributed by atoms with Crippen LogP contribution in [-0.4, -0.2) is 64.8 Å². The molecule has 6 heteroatoms. The zero-order valence-electron chi connectivity index (χ0n) is 7.20. The third kappa shape index (κ3) is 1.98. The highest BCUT2D eigenvalue weighted by atomic mass is 16.6. The van der Waals surface area contributed by atoms with Crippen LogP contribution in [0.15, 0.2) is 0 Å². The Morgan fingerprint density at radius 3 is 2.31 bits per heavy atom. The molecule has 1 fully saturated rings. The molecule has 1 aliphatic heterocycles. The number of aliphatic hydroxyl groups excluding tert-OH is 4. The third-order valence-electron chi connectivity index (χ3n) is 2.11. The molecule has 0 amide bonds. The normalized spacial score (nSPS) is 46.4. The van der Waals surface area contributed by atoms with Gasteiger partial charge in [-0.25, -0.2) is 0 Å². The van der Waals surface area contributed by atoms with Gasteiger partial charge in [0.05, 0.1) is 6.61 Å². The Balaban J connectivity index is 2.69. The van der Waals surface area contributed by atoms with Gasteiger partial charge in [0.25, 0.3) is 0 Å². The van der Waals surface area contributed by atoms with E-state index in [1.807, 2.05) is 0 Å². The van der Waals surface area contributed by atoms with Gasteiger partial charge in [-0.05, 0) is 0 Å². The second kappa shape index (κ2) is 4.32. The minimum atomic E-state index is -1.44. The van der Waals surface area contributed by atoms with Crippen molar-refractivity contribution < 1.29 is 29.9 Å². The van der Waals surface area contributed by atoms with Crippen molar-refractivity contribution in [2.24, 2.45) is 0 Å². The number of hydrogen-bond donors (Lipinski definition) is 4. The number of methoxy groups -OCH3 is 1. The molecule has 0 aromatic rings. The minimum absolute atomic E-state index is 0.440. The summed E-state index contributed by atoms with van der Waals surface area (Å²) in [6.07, 6.45) is -5.76. The van der Waals surface area contributed by atoms with Crippen LogP contribution in [0.2, 0.25) is 0 Å². The molecular formula is C7H14O6. The Morgan fingerprint density at radius 2 is 1.85 bits per heavy atom. The van der Waals surface area contributed by atoms with E-state index in [-0.39, 0.29) is 0 Å². The SMILES string of the molecule is CO[C@H]1C(O)[C@H](O)OC(CO)[C@@H]1O. The summed E-state index contributed by atoms with van der Waals surface area (Å²) in [5, 5.41) is 36.6. The van der Waals surface area contributed by atoms with Crippen molar-refractivity contribution in [3.8, 4) is 0 Å². The van der Waals surface area contributed by atoms with Gasteiger partial charge >= 0.3 is 0 Å². The standard InChI is InChI=1S/C7H14O6/c1-12-6-4(9)3(2-8)13-7(11)5(6)10/h3-11H,2H2,1H3/t3?,4-,5?,6+,7+/m0/s1. The van der Waals surface area contributed by atoms with E-state index >= 15 is 0 Å². The summed E-state index contributed by atoms with van der Waals surface area (Å²) in [7, 11) is 1.30. The van der Waals surface area contributed by atoms with Crippen LogP contribution in [-0.2, 0) is 9.47 Å². The highest BCUT2D eigenvalue weighted by Gasteiger charge is 2.43. The van der Waals surface area contributed by atoms with Gasteiger partial charge in [-0.2, -0.15) is 0 Å². The summed E-state index contributed by atoms with van der Waals surface area (Å²) in [4.78, 5) is 0. The van der Waals surface area contributed by atoms with Gasteiger partial charge < -0.3 is 29.9 Å². The predicted octanol–water partition coefficient (Wildman–Crippen LogP) is -2.57. The second-order valence-corrected chi connectivity index (χ2v) is 2.93. The number of ether oxygens (including phenoxy) is 2. The molecule has 6 nitrogen and oxygen atoms in total. The first kappa shape index (κ1) is 10.8. The molecule has 0 aliphatic carbocycles. The third-order valence-corrected chi connectivity index (χ3v) is 2.11. The maximum atomic E-state index is 9.44. The highest BCUT2D eigenvalue weighted by Crippen LogP contribution is 2.21. The van der Waals surface area contributed by atoms with Crippen LogP contribution in [0.3, 0.4) is 0 Å². The molecule has 5 atom stereocenters. The Hall–Kier alpha value is -0.240. The summed E-state index contributed by atoms with van der Waals surface area (Å²) in [6.45, 7) is -0.440. The molecule has 1 aliphatic rings. The van der Waals surface area contributed by atoms with Crippen LogP contribution >= 0.6 is 0 Å². The summed E-state index contributed by atoms with van der Waals surface area (Å²) in [5.41, 5.74) is 0. The molecule has 0 bridgehead atoms. The molecule has 2 unspecified atom stereocenters. The molecule has 0 spiro atoms. The topological polar surface area (TPSA) is 99.4 Å². The first-order valence-electron chi connectivity index (χ1n) is 3.95. The van der Waals surface area contributed by atoms with Crippen LogP contribution in [0.5, 0.6) is 0 Å². The fraction of sp³-hybridized carbons (Fsp3) is 1.00. The Morgan fingerprint density at radius 1 is 1.23 bits per heavy atom. The first-order chi connectivity index (χ1) is 6.11. The van der Waals surface area contributed by atoms with E-state index in [9.17, 15) is 10.2 Å². The van der Waals surface area contributed by atoms with E-state index in [4.69, 9.17) is 19.7 Å². The Kier molecular flexibility index (Phi) is 3.60. The molecule has 0 radical (unpaired) electrons. The van der Waals surface area contributed by atoms with Crippen molar-refractivity contribution in [3.05, 3.63) is 0 Å². The zero-order chi connectivity index (χ0) is 10.0. The molecule has 13 heavy (non-hydrogen) atoms. The fourth-order valence-electron chi connectivity index (χ4n) is 1.35. The summed E-state index contributed by atoms with van der Waals surface area (Å²) < 4.78 is 9.48. The molecule has 0 aromatic heterocycles. The average molecular weight is 194 g/mol. The molecule has 1 saturated heterocycles. The van der Waals surface area contributed by atoms with Crippen molar-refractivity contribution in [2.45, 2.75) is 30.7 Å². The van der Waals surface area contributed by atoms with Gasteiger partial charge in [0.2, 0.25) is 0 Å². The quantitative estimate of drug-likeness (QED) is 0.386.